The van der Waals surface area contributed by atoms with Crippen molar-refractivity contribution >= 4 is 27.5 Å². The third-order valence-corrected chi connectivity index (χ3v) is 7.77. The number of carbonyl (C=O) groups is 2. The molecule has 37 heavy (non-hydrogen) atoms. The first kappa shape index (κ1) is 25.9. The van der Waals surface area contributed by atoms with Crippen molar-refractivity contribution in [3.63, 3.8) is 0 Å². The summed E-state index contributed by atoms with van der Waals surface area (Å²) in [5.74, 6) is -0.924. The van der Waals surface area contributed by atoms with Crippen LogP contribution in [0.15, 0.2) is 102 Å². The van der Waals surface area contributed by atoms with Crippen LogP contribution < -0.4 is 15.1 Å². The first-order chi connectivity index (χ1) is 17.9. The van der Waals surface area contributed by atoms with Crippen molar-refractivity contribution in [2.45, 2.75) is 17.5 Å². The van der Waals surface area contributed by atoms with Gasteiger partial charge in [0.25, 0.3) is 11.8 Å². The van der Waals surface area contributed by atoms with E-state index < -0.39 is 27.9 Å². The Labute approximate surface area is 214 Å². The molecule has 1 unspecified atom stereocenters. The van der Waals surface area contributed by atoms with E-state index in [0.29, 0.717) is 22.6 Å². The largest absolute Gasteiger partial charge is 0.489 e. The number of sulfonamides is 1. The lowest BCUT2D eigenvalue weighted by Crippen LogP contribution is -2.53. The Kier molecular flexibility index (Phi) is 7.86. The second-order valence-corrected chi connectivity index (χ2v) is 10.0. The standard InChI is InChI=1S/C27H25N3O6S/c1-2-3-17-36-22-13-15-23(16-14-22)37(34,35)30-18-21-11-7-8-12-24(21)29(19-25(30)26(31)28-33)27(32)20-9-5-4-6-10-20/h3-16,25,33H,1,17-19H2,(H,28,31). The molecule has 190 valence electrons. The highest BCUT2D eigenvalue weighted by molar-refractivity contribution is 7.89. The molecule has 0 aliphatic carbocycles. The van der Waals surface area contributed by atoms with Crippen LogP contribution in [0, 0.1) is 0 Å². The van der Waals surface area contributed by atoms with Gasteiger partial charge >= 0.3 is 0 Å². The number of nitrogens with zero attached hydrogens (tertiary/aromatic N) is 2. The highest BCUT2D eigenvalue weighted by atomic mass is 32.2. The topological polar surface area (TPSA) is 116 Å². The van der Waals surface area contributed by atoms with Gasteiger partial charge in [0.15, 0.2) is 0 Å². The predicted octanol–water partition coefficient (Wildman–Crippen LogP) is 3.13. The molecule has 0 spiro atoms. The predicted molar refractivity (Wildman–Crippen MR) is 137 cm³/mol. The van der Waals surface area contributed by atoms with Gasteiger partial charge in [-0.3, -0.25) is 14.8 Å². The van der Waals surface area contributed by atoms with Gasteiger partial charge in [-0.1, -0.05) is 43.0 Å². The zero-order chi connectivity index (χ0) is 26.4. The SMILES string of the molecule is C=C=CCOc1ccc(S(=O)(=O)N2Cc3ccccc3N(C(=O)c3ccccc3)CC2C(=O)NO)cc1. The van der Waals surface area contributed by atoms with Gasteiger partial charge in [0.05, 0.1) is 11.4 Å². The first-order valence-electron chi connectivity index (χ1n) is 11.3. The fourth-order valence-electron chi connectivity index (χ4n) is 4.06. The van der Waals surface area contributed by atoms with E-state index in [4.69, 9.17) is 4.74 Å². The van der Waals surface area contributed by atoms with Gasteiger partial charge < -0.3 is 9.64 Å². The Morgan fingerprint density at radius 1 is 1.05 bits per heavy atom. The molecule has 2 N–H and O–H groups in total. The smallest absolute Gasteiger partial charge is 0.263 e. The highest BCUT2D eigenvalue weighted by Crippen LogP contribution is 2.32. The zero-order valence-electron chi connectivity index (χ0n) is 19.8. The van der Waals surface area contributed by atoms with E-state index in [9.17, 15) is 23.2 Å². The van der Waals surface area contributed by atoms with Crippen LogP contribution in [0.4, 0.5) is 5.69 Å². The minimum atomic E-state index is -4.25. The van der Waals surface area contributed by atoms with E-state index in [1.807, 2.05) is 0 Å². The Morgan fingerprint density at radius 2 is 1.73 bits per heavy atom. The Morgan fingerprint density at radius 3 is 2.41 bits per heavy atom. The van der Waals surface area contributed by atoms with Crippen LogP contribution in [0.2, 0.25) is 0 Å². The van der Waals surface area contributed by atoms with E-state index in [1.54, 1.807) is 66.2 Å². The summed E-state index contributed by atoms with van der Waals surface area (Å²) in [5, 5.41) is 9.48. The monoisotopic (exact) mass is 519 g/mol. The summed E-state index contributed by atoms with van der Waals surface area (Å²) in [7, 11) is -4.25. The van der Waals surface area contributed by atoms with Gasteiger partial charge in [-0.05, 0) is 54.1 Å². The van der Waals surface area contributed by atoms with Crippen LogP contribution in [0.5, 0.6) is 5.75 Å². The van der Waals surface area contributed by atoms with E-state index in [2.05, 4.69) is 12.3 Å². The lowest BCUT2D eigenvalue weighted by atomic mass is 10.1. The number of ether oxygens (including phenoxy) is 1. The second kappa shape index (κ2) is 11.2. The summed E-state index contributed by atoms with van der Waals surface area (Å²) < 4.78 is 34.1. The molecular formula is C27H25N3O6S. The molecule has 0 radical (unpaired) electrons. The van der Waals surface area contributed by atoms with Crippen molar-refractivity contribution in [3.8, 4) is 5.75 Å². The van der Waals surface area contributed by atoms with Crippen LogP contribution in [-0.2, 0) is 21.4 Å². The Balaban J connectivity index is 1.75. The molecule has 1 aliphatic rings. The van der Waals surface area contributed by atoms with Gasteiger partial charge in [0.2, 0.25) is 10.0 Å². The van der Waals surface area contributed by atoms with Gasteiger partial charge in [-0.25, -0.2) is 13.9 Å². The Bertz CT molecular complexity index is 1430. The highest BCUT2D eigenvalue weighted by Gasteiger charge is 2.41. The number of nitrogens with one attached hydrogen (secondary N) is 1. The molecule has 0 saturated heterocycles. The molecule has 3 aromatic rings. The molecule has 0 aromatic heterocycles. The van der Waals surface area contributed by atoms with Crippen molar-refractivity contribution in [2.75, 3.05) is 18.1 Å². The van der Waals surface area contributed by atoms with E-state index >= 15 is 0 Å². The number of hydroxylamine groups is 1. The minimum absolute atomic E-state index is 0.0739. The summed E-state index contributed by atoms with van der Waals surface area (Å²) in [6.45, 7) is 3.17. The number of fused-ring (bicyclic) bond motifs is 1. The van der Waals surface area contributed by atoms with Crippen LogP contribution in [0.1, 0.15) is 15.9 Å². The minimum Gasteiger partial charge on any atom is -0.489 e. The molecule has 0 bridgehead atoms. The van der Waals surface area contributed by atoms with Crippen LogP contribution in [-0.4, -0.2) is 48.9 Å². The maximum Gasteiger partial charge on any atom is 0.263 e. The molecule has 0 saturated carbocycles. The van der Waals surface area contributed by atoms with Crippen molar-refractivity contribution in [1.82, 2.24) is 9.79 Å². The van der Waals surface area contributed by atoms with Crippen molar-refractivity contribution < 1.29 is 28.0 Å². The summed E-state index contributed by atoms with van der Waals surface area (Å²) in [5.41, 5.74) is 5.52. The molecule has 1 heterocycles. The number of para-hydroxylation sites is 1. The molecule has 3 aromatic carbocycles. The molecule has 10 heteroatoms. The number of hydrogen-bond acceptors (Lipinski definition) is 6. The number of benzene rings is 3. The normalized spacial score (nSPS) is 15.6. The van der Waals surface area contributed by atoms with Gasteiger partial charge in [0.1, 0.15) is 18.4 Å². The molecule has 2 amide bonds. The number of rotatable bonds is 7. The summed E-state index contributed by atoms with van der Waals surface area (Å²) in [6, 6.07) is 19.7. The summed E-state index contributed by atoms with van der Waals surface area (Å²) in [4.78, 5) is 27.6. The van der Waals surface area contributed by atoms with Crippen LogP contribution in [0.3, 0.4) is 0 Å². The lowest BCUT2D eigenvalue weighted by Gasteiger charge is -2.29. The zero-order valence-corrected chi connectivity index (χ0v) is 20.6. The van der Waals surface area contributed by atoms with Crippen molar-refractivity contribution in [2.24, 2.45) is 0 Å². The van der Waals surface area contributed by atoms with Gasteiger partial charge in [-0.15, -0.1) is 5.73 Å². The van der Waals surface area contributed by atoms with Gasteiger partial charge in [0, 0.05) is 17.8 Å². The van der Waals surface area contributed by atoms with Crippen LogP contribution in [0.25, 0.3) is 0 Å². The molecule has 1 aliphatic heterocycles. The van der Waals surface area contributed by atoms with E-state index in [0.717, 1.165) is 4.31 Å². The Hall–Kier alpha value is -4.21. The third-order valence-electron chi connectivity index (χ3n) is 5.90. The quantitative estimate of drug-likeness (QED) is 0.282. The first-order valence-corrected chi connectivity index (χ1v) is 12.8. The van der Waals surface area contributed by atoms with E-state index in [-0.39, 0.29) is 24.6 Å². The maximum atomic E-state index is 13.8. The second-order valence-electron chi connectivity index (χ2n) is 8.14. The third kappa shape index (κ3) is 5.47. The van der Waals surface area contributed by atoms with Crippen LogP contribution >= 0.6 is 0 Å². The molecule has 9 nitrogen and oxygen atoms in total. The summed E-state index contributed by atoms with van der Waals surface area (Å²) in [6.07, 6.45) is 1.58. The number of hydrogen-bond donors (Lipinski definition) is 2. The van der Waals surface area contributed by atoms with Gasteiger partial charge in [-0.2, -0.15) is 4.31 Å². The maximum absolute atomic E-state index is 13.8. The fourth-order valence-corrected chi connectivity index (χ4v) is 5.62. The lowest BCUT2D eigenvalue weighted by molar-refractivity contribution is -0.133. The number of anilines is 1. The molecule has 4 rings (SSSR count). The van der Waals surface area contributed by atoms with Crippen molar-refractivity contribution in [1.29, 1.82) is 0 Å². The fraction of sp³-hybridized carbons (Fsp3) is 0.148. The molecular weight excluding hydrogens is 494 g/mol. The average molecular weight is 520 g/mol. The average Bonchev–Trinajstić information content (AvgIpc) is 3.11. The number of carbonyl (C=O) groups excluding carboxylic acids is 2. The van der Waals surface area contributed by atoms with Crippen molar-refractivity contribution in [3.05, 3.63) is 108 Å². The van der Waals surface area contributed by atoms with E-state index in [1.165, 1.54) is 29.2 Å². The molecule has 0 fully saturated rings. The number of amides is 2. The summed E-state index contributed by atoms with van der Waals surface area (Å²) >= 11 is 0. The molecule has 1 atom stereocenters.